The molecule has 0 radical (unpaired) electrons. The highest BCUT2D eigenvalue weighted by Gasteiger charge is 2.13. The van der Waals surface area contributed by atoms with Crippen molar-refractivity contribution >= 4 is 11.7 Å². The largest absolute Gasteiger partial charge is 0.438 e. The fourth-order valence-electron chi connectivity index (χ4n) is 3.58. The summed E-state index contributed by atoms with van der Waals surface area (Å²) in [5.41, 5.74) is 4.60. The number of hydrogen-bond acceptors (Lipinski definition) is 6. The Morgan fingerprint density at radius 1 is 0.939 bits per heavy atom. The van der Waals surface area contributed by atoms with E-state index in [1.54, 1.807) is 19.4 Å². The molecule has 0 saturated heterocycles. The molecule has 0 unspecified atom stereocenters. The van der Waals surface area contributed by atoms with Gasteiger partial charge in [0, 0.05) is 32.3 Å². The fourth-order valence-corrected chi connectivity index (χ4v) is 3.58. The first-order valence-electron chi connectivity index (χ1n) is 10.9. The number of rotatable bonds is 9. The summed E-state index contributed by atoms with van der Waals surface area (Å²) in [6.45, 7) is 1.97. The lowest BCUT2D eigenvalue weighted by Crippen LogP contribution is -2.05. The number of pyridine rings is 1. The molecule has 4 rings (SSSR count). The second-order valence-electron chi connectivity index (χ2n) is 7.77. The average molecular weight is 439 g/mol. The highest BCUT2D eigenvalue weighted by molar-refractivity contribution is 5.81. The summed E-state index contributed by atoms with van der Waals surface area (Å²) >= 11 is 0. The maximum atomic E-state index is 12.5. The SMILES string of the molecule is CNc1nccc(-c2cccnc2Oc2ccc(CC(=O)CCc3ccccc3)cc2C)n1. The second-order valence-corrected chi connectivity index (χ2v) is 7.77. The van der Waals surface area contributed by atoms with Gasteiger partial charge in [0.2, 0.25) is 11.8 Å². The van der Waals surface area contributed by atoms with Gasteiger partial charge in [0.15, 0.2) is 0 Å². The molecule has 2 heterocycles. The van der Waals surface area contributed by atoms with Gasteiger partial charge in [-0.3, -0.25) is 4.79 Å². The summed E-state index contributed by atoms with van der Waals surface area (Å²) in [5.74, 6) is 1.91. The third-order valence-electron chi connectivity index (χ3n) is 5.31. The molecule has 0 aliphatic rings. The number of anilines is 1. The van der Waals surface area contributed by atoms with Crippen LogP contribution in [0, 0.1) is 6.92 Å². The van der Waals surface area contributed by atoms with Gasteiger partial charge in [-0.1, -0.05) is 42.5 Å². The molecule has 0 bridgehead atoms. The Kier molecular flexibility index (Phi) is 7.05. The Balaban J connectivity index is 1.45. The van der Waals surface area contributed by atoms with E-state index in [0.29, 0.717) is 30.4 Å². The van der Waals surface area contributed by atoms with Crippen LogP contribution in [0.4, 0.5) is 5.95 Å². The van der Waals surface area contributed by atoms with E-state index in [9.17, 15) is 4.79 Å². The van der Waals surface area contributed by atoms with Gasteiger partial charge in [-0.05, 0) is 54.3 Å². The first-order chi connectivity index (χ1) is 16.1. The molecule has 0 spiro atoms. The Labute approximate surface area is 193 Å². The zero-order chi connectivity index (χ0) is 23.0. The summed E-state index contributed by atoms with van der Waals surface area (Å²) < 4.78 is 6.16. The first kappa shape index (κ1) is 22.1. The maximum absolute atomic E-state index is 12.5. The van der Waals surface area contributed by atoms with Gasteiger partial charge in [0.05, 0.1) is 11.3 Å². The summed E-state index contributed by atoms with van der Waals surface area (Å²) in [7, 11) is 1.77. The third kappa shape index (κ3) is 5.80. The minimum atomic E-state index is 0.225. The molecule has 0 atom stereocenters. The molecule has 0 amide bonds. The van der Waals surface area contributed by atoms with Gasteiger partial charge < -0.3 is 10.1 Å². The van der Waals surface area contributed by atoms with Gasteiger partial charge in [0.25, 0.3) is 0 Å². The van der Waals surface area contributed by atoms with Gasteiger partial charge in [-0.2, -0.15) is 0 Å². The Hall–Kier alpha value is -4.06. The van der Waals surface area contributed by atoms with Crippen molar-refractivity contribution in [1.82, 2.24) is 15.0 Å². The van der Waals surface area contributed by atoms with Crippen molar-refractivity contribution in [1.29, 1.82) is 0 Å². The monoisotopic (exact) mass is 438 g/mol. The normalized spacial score (nSPS) is 10.6. The number of carbonyl (C=O) groups excluding carboxylic acids is 1. The molecule has 6 heteroatoms. The molecule has 0 saturated carbocycles. The van der Waals surface area contributed by atoms with Crippen molar-refractivity contribution < 1.29 is 9.53 Å². The van der Waals surface area contributed by atoms with Crippen LogP contribution in [0.2, 0.25) is 0 Å². The predicted molar refractivity (Wildman–Crippen MR) is 130 cm³/mol. The molecule has 2 aromatic heterocycles. The molecule has 166 valence electrons. The van der Waals surface area contributed by atoms with E-state index in [-0.39, 0.29) is 5.78 Å². The van der Waals surface area contributed by atoms with Crippen molar-refractivity contribution in [2.75, 3.05) is 12.4 Å². The number of Topliss-reactive ketones (excluding diaryl/α,β-unsaturated/α-hetero) is 1. The quantitative estimate of drug-likeness (QED) is 0.376. The van der Waals surface area contributed by atoms with Crippen molar-refractivity contribution in [2.45, 2.75) is 26.2 Å². The summed E-state index contributed by atoms with van der Waals surface area (Å²) in [4.78, 5) is 25.5. The highest BCUT2D eigenvalue weighted by Crippen LogP contribution is 2.32. The van der Waals surface area contributed by atoms with E-state index in [2.05, 4.69) is 32.4 Å². The van der Waals surface area contributed by atoms with Crippen molar-refractivity contribution in [3.63, 3.8) is 0 Å². The summed E-state index contributed by atoms with van der Waals surface area (Å²) in [6, 6.07) is 21.5. The summed E-state index contributed by atoms with van der Waals surface area (Å²) in [6.07, 6.45) is 5.09. The minimum absolute atomic E-state index is 0.225. The fraction of sp³-hybridized carbons (Fsp3) is 0.185. The number of benzene rings is 2. The number of aryl methyl sites for hydroxylation is 2. The van der Waals surface area contributed by atoms with Crippen LogP contribution in [0.15, 0.2) is 79.1 Å². The van der Waals surface area contributed by atoms with Gasteiger partial charge in [-0.15, -0.1) is 0 Å². The molecule has 2 aromatic carbocycles. The lowest BCUT2D eigenvalue weighted by atomic mass is 10.0. The van der Waals surface area contributed by atoms with Crippen LogP contribution in [-0.4, -0.2) is 27.8 Å². The number of ether oxygens (including phenoxy) is 1. The Morgan fingerprint density at radius 3 is 2.58 bits per heavy atom. The maximum Gasteiger partial charge on any atom is 0.228 e. The average Bonchev–Trinajstić information content (AvgIpc) is 2.85. The van der Waals surface area contributed by atoms with E-state index < -0.39 is 0 Å². The van der Waals surface area contributed by atoms with Crippen LogP contribution >= 0.6 is 0 Å². The predicted octanol–water partition coefficient (Wildman–Crippen LogP) is 5.43. The van der Waals surface area contributed by atoms with E-state index in [4.69, 9.17) is 4.74 Å². The smallest absolute Gasteiger partial charge is 0.228 e. The summed E-state index contributed by atoms with van der Waals surface area (Å²) in [5, 5.41) is 2.94. The first-order valence-corrected chi connectivity index (χ1v) is 10.9. The highest BCUT2D eigenvalue weighted by atomic mass is 16.5. The number of carbonyl (C=O) groups is 1. The number of ketones is 1. The van der Waals surface area contributed by atoms with Crippen molar-refractivity contribution in [3.05, 3.63) is 95.8 Å². The molecule has 33 heavy (non-hydrogen) atoms. The molecule has 6 nitrogen and oxygen atoms in total. The lowest BCUT2D eigenvalue weighted by molar-refractivity contribution is -0.118. The van der Waals surface area contributed by atoms with Crippen LogP contribution in [-0.2, 0) is 17.6 Å². The van der Waals surface area contributed by atoms with Crippen LogP contribution in [0.3, 0.4) is 0 Å². The molecular weight excluding hydrogens is 412 g/mol. The van der Waals surface area contributed by atoms with E-state index in [0.717, 1.165) is 28.8 Å². The molecule has 0 fully saturated rings. The minimum Gasteiger partial charge on any atom is -0.438 e. The molecule has 0 aliphatic carbocycles. The van der Waals surface area contributed by atoms with E-state index in [1.165, 1.54) is 5.56 Å². The van der Waals surface area contributed by atoms with Crippen molar-refractivity contribution in [2.24, 2.45) is 0 Å². The van der Waals surface area contributed by atoms with Gasteiger partial charge >= 0.3 is 0 Å². The molecule has 1 N–H and O–H groups in total. The topological polar surface area (TPSA) is 77.0 Å². The lowest BCUT2D eigenvalue weighted by Gasteiger charge is -2.13. The number of hydrogen-bond donors (Lipinski definition) is 1. The van der Waals surface area contributed by atoms with Gasteiger partial charge in [0.1, 0.15) is 11.5 Å². The number of nitrogens with zero attached hydrogens (tertiary/aromatic N) is 3. The molecule has 0 aliphatic heterocycles. The zero-order valence-corrected chi connectivity index (χ0v) is 18.8. The zero-order valence-electron chi connectivity index (χ0n) is 18.8. The van der Waals surface area contributed by atoms with Crippen LogP contribution in [0.5, 0.6) is 11.6 Å². The second kappa shape index (κ2) is 10.5. The Morgan fingerprint density at radius 2 is 1.79 bits per heavy atom. The van der Waals surface area contributed by atoms with Crippen LogP contribution in [0.1, 0.15) is 23.1 Å². The standard InChI is InChI=1S/C27H26N4O2/c1-19-17-21(18-22(32)12-10-20-7-4-3-5-8-20)11-13-25(19)33-26-23(9-6-15-29-26)24-14-16-30-27(28-2)31-24/h3-9,11,13-17H,10,12,18H2,1-2H3,(H,28,30,31). The molecule has 4 aromatic rings. The number of aromatic nitrogens is 3. The van der Waals surface area contributed by atoms with E-state index in [1.807, 2.05) is 61.5 Å². The van der Waals surface area contributed by atoms with Gasteiger partial charge in [-0.25, -0.2) is 15.0 Å². The third-order valence-corrected chi connectivity index (χ3v) is 5.31. The van der Waals surface area contributed by atoms with Crippen LogP contribution < -0.4 is 10.1 Å². The number of nitrogens with one attached hydrogen (secondary N) is 1. The molecular formula is C27H26N4O2. The van der Waals surface area contributed by atoms with Crippen molar-refractivity contribution in [3.8, 4) is 22.9 Å². The Bertz CT molecular complexity index is 1240. The van der Waals surface area contributed by atoms with Crippen LogP contribution in [0.25, 0.3) is 11.3 Å². The van der Waals surface area contributed by atoms with E-state index >= 15 is 0 Å².